The van der Waals surface area contributed by atoms with Gasteiger partial charge in [-0.25, -0.2) is 4.98 Å². The van der Waals surface area contributed by atoms with Crippen LogP contribution in [0.5, 0.6) is 11.6 Å². The number of hydrogen-bond donors (Lipinski definition) is 2. The van der Waals surface area contributed by atoms with Gasteiger partial charge >= 0.3 is 0 Å². The summed E-state index contributed by atoms with van der Waals surface area (Å²) in [6.07, 6.45) is 4.15. The number of thioether (sulfide) groups is 1. The van der Waals surface area contributed by atoms with Crippen LogP contribution < -0.4 is 15.8 Å². The molecular formula is C16H19Cl2N3O2S. The maximum atomic E-state index is 11.9. The van der Waals surface area contributed by atoms with Gasteiger partial charge in [-0.1, -0.05) is 11.6 Å². The van der Waals surface area contributed by atoms with E-state index in [9.17, 15) is 4.79 Å². The van der Waals surface area contributed by atoms with E-state index in [1.807, 2.05) is 6.26 Å². The van der Waals surface area contributed by atoms with E-state index in [0.29, 0.717) is 28.8 Å². The normalized spacial score (nSPS) is 11.3. The zero-order valence-corrected chi connectivity index (χ0v) is 15.5. The van der Waals surface area contributed by atoms with E-state index < -0.39 is 6.04 Å². The van der Waals surface area contributed by atoms with Gasteiger partial charge in [0.1, 0.15) is 5.75 Å². The lowest BCUT2D eigenvalue weighted by Crippen LogP contribution is -2.36. The molecule has 5 nitrogen and oxygen atoms in total. The second-order valence-corrected chi connectivity index (χ2v) is 6.24. The molecule has 0 unspecified atom stereocenters. The standard InChI is InChI=1S/C16H18ClN3O2S.ClH/c1-23-9-8-14(18)16(21)20-12-4-7-15(19-10-12)22-13-5-2-11(17)3-6-13;/h2-7,10,14H,8-9,18H2,1H3,(H,20,21);1H/t14-;/m0./s1. The molecule has 0 bridgehead atoms. The largest absolute Gasteiger partial charge is 0.439 e. The minimum atomic E-state index is -0.521. The highest BCUT2D eigenvalue weighted by Gasteiger charge is 2.13. The minimum Gasteiger partial charge on any atom is -0.439 e. The molecule has 0 aliphatic heterocycles. The molecule has 24 heavy (non-hydrogen) atoms. The Hall–Kier alpha value is -1.47. The lowest BCUT2D eigenvalue weighted by atomic mass is 10.2. The number of nitrogens with zero attached hydrogens (tertiary/aromatic N) is 1. The van der Waals surface area contributed by atoms with E-state index in [4.69, 9.17) is 22.1 Å². The summed E-state index contributed by atoms with van der Waals surface area (Å²) >= 11 is 7.48. The fourth-order valence-corrected chi connectivity index (χ4v) is 2.36. The zero-order chi connectivity index (χ0) is 16.7. The number of halogens is 2. The fourth-order valence-electron chi connectivity index (χ4n) is 1.75. The summed E-state index contributed by atoms with van der Waals surface area (Å²) in [5.74, 6) is 1.70. The first-order valence-corrected chi connectivity index (χ1v) is 8.80. The molecule has 1 aromatic carbocycles. The van der Waals surface area contributed by atoms with E-state index in [1.54, 1.807) is 48.2 Å². The quantitative estimate of drug-likeness (QED) is 0.751. The van der Waals surface area contributed by atoms with E-state index in [0.717, 1.165) is 5.75 Å². The molecule has 130 valence electrons. The molecule has 1 atom stereocenters. The number of carbonyl (C=O) groups is 1. The minimum absolute atomic E-state index is 0. The van der Waals surface area contributed by atoms with Crippen LogP contribution in [-0.2, 0) is 4.79 Å². The molecule has 0 fully saturated rings. The molecule has 0 aliphatic carbocycles. The Balaban J connectivity index is 0.00000288. The first kappa shape index (κ1) is 20.6. The Morgan fingerprint density at radius 3 is 2.62 bits per heavy atom. The van der Waals surface area contributed by atoms with E-state index >= 15 is 0 Å². The Bertz CT molecular complexity index is 639. The average molecular weight is 388 g/mol. The predicted molar refractivity (Wildman–Crippen MR) is 103 cm³/mol. The van der Waals surface area contributed by atoms with Gasteiger partial charge in [0, 0.05) is 11.1 Å². The number of ether oxygens (including phenoxy) is 1. The van der Waals surface area contributed by atoms with Gasteiger partial charge in [0.15, 0.2) is 0 Å². The maximum absolute atomic E-state index is 11.9. The highest BCUT2D eigenvalue weighted by Crippen LogP contribution is 2.22. The third-order valence-electron chi connectivity index (χ3n) is 3.01. The van der Waals surface area contributed by atoms with E-state index in [2.05, 4.69) is 10.3 Å². The summed E-state index contributed by atoms with van der Waals surface area (Å²) in [5.41, 5.74) is 6.40. The first-order chi connectivity index (χ1) is 11.1. The number of nitrogens with one attached hydrogen (secondary N) is 1. The topological polar surface area (TPSA) is 77.2 Å². The SMILES string of the molecule is CSCC[C@H](N)C(=O)Nc1ccc(Oc2ccc(Cl)cc2)nc1.Cl. The number of nitrogens with two attached hydrogens (primary N) is 1. The van der Waals surface area contributed by atoms with Crippen molar-refractivity contribution in [1.29, 1.82) is 0 Å². The van der Waals surface area contributed by atoms with Gasteiger partial charge < -0.3 is 15.8 Å². The van der Waals surface area contributed by atoms with Gasteiger partial charge in [-0.05, 0) is 48.8 Å². The summed E-state index contributed by atoms with van der Waals surface area (Å²) < 4.78 is 5.58. The molecule has 0 spiro atoms. The predicted octanol–water partition coefficient (Wildman–Crippen LogP) is 3.97. The molecule has 1 aromatic heterocycles. The van der Waals surface area contributed by atoms with Crippen LogP contribution in [0.1, 0.15) is 6.42 Å². The molecular weight excluding hydrogens is 369 g/mol. The average Bonchev–Trinajstić information content (AvgIpc) is 2.56. The van der Waals surface area contributed by atoms with Crippen molar-refractivity contribution >= 4 is 47.4 Å². The molecule has 1 amide bonds. The highest BCUT2D eigenvalue weighted by atomic mass is 35.5. The smallest absolute Gasteiger partial charge is 0.241 e. The second kappa shape index (κ2) is 10.4. The fraction of sp³-hybridized carbons (Fsp3) is 0.250. The van der Waals surface area contributed by atoms with Gasteiger partial charge in [-0.2, -0.15) is 11.8 Å². The Morgan fingerprint density at radius 1 is 1.33 bits per heavy atom. The van der Waals surface area contributed by atoms with Crippen LogP contribution in [0.4, 0.5) is 5.69 Å². The Kier molecular flexibility index (Phi) is 8.92. The zero-order valence-electron chi connectivity index (χ0n) is 13.1. The van der Waals surface area contributed by atoms with Gasteiger partial charge in [0.2, 0.25) is 11.8 Å². The van der Waals surface area contributed by atoms with Crippen LogP contribution in [0.3, 0.4) is 0 Å². The number of aromatic nitrogens is 1. The summed E-state index contributed by atoms with van der Waals surface area (Å²) in [6.45, 7) is 0. The van der Waals surface area contributed by atoms with Crippen LogP contribution in [0.2, 0.25) is 5.02 Å². The number of hydrogen-bond acceptors (Lipinski definition) is 5. The first-order valence-electron chi connectivity index (χ1n) is 7.03. The summed E-state index contributed by atoms with van der Waals surface area (Å²) in [5, 5.41) is 3.38. The Morgan fingerprint density at radius 2 is 2.04 bits per heavy atom. The van der Waals surface area contributed by atoms with Crippen molar-refractivity contribution in [3.8, 4) is 11.6 Å². The van der Waals surface area contributed by atoms with Crippen LogP contribution in [0.15, 0.2) is 42.6 Å². The van der Waals surface area contributed by atoms with Crippen molar-refractivity contribution in [2.24, 2.45) is 5.73 Å². The van der Waals surface area contributed by atoms with Gasteiger partial charge in [0.05, 0.1) is 17.9 Å². The molecule has 2 rings (SSSR count). The third-order valence-corrected chi connectivity index (χ3v) is 3.91. The van der Waals surface area contributed by atoms with Gasteiger partial charge in [-0.3, -0.25) is 4.79 Å². The lowest BCUT2D eigenvalue weighted by molar-refractivity contribution is -0.117. The third kappa shape index (κ3) is 6.57. The summed E-state index contributed by atoms with van der Waals surface area (Å²) in [4.78, 5) is 16.1. The number of pyridine rings is 1. The highest BCUT2D eigenvalue weighted by molar-refractivity contribution is 7.98. The molecule has 0 aliphatic rings. The van der Waals surface area contributed by atoms with Crippen LogP contribution >= 0.6 is 35.8 Å². The van der Waals surface area contributed by atoms with Crippen molar-refractivity contribution in [2.45, 2.75) is 12.5 Å². The summed E-state index contributed by atoms with van der Waals surface area (Å²) in [6, 6.07) is 9.86. The second-order valence-electron chi connectivity index (χ2n) is 4.82. The molecule has 1 heterocycles. The molecule has 0 radical (unpaired) electrons. The molecule has 2 aromatic rings. The number of carbonyl (C=O) groups excluding carboxylic acids is 1. The Labute approximate surface area is 156 Å². The van der Waals surface area contributed by atoms with Crippen molar-refractivity contribution in [2.75, 3.05) is 17.3 Å². The van der Waals surface area contributed by atoms with Crippen molar-refractivity contribution in [1.82, 2.24) is 4.98 Å². The number of benzene rings is 1. The summed E-state index contributed by atoms with van der Waals surface area (Å²) in [7, 11) is 0. The van der Waals surface area contributed by atoms with Crippen LogP contribution in [-0.4, -0.2) is 28.9 Å². The van der Waals surface area contributed by atoms with Crippen molar-refractivity contribution in [3.63, 3.8) is 0 Å². The van der Waals surface area contributed by atoms with Crippen LogP contribution in [0, 0.1) is 0 Å². The molecule has 0 saturated carbocycles. The van der Waals surface area contributed by atoms with Gasteiger partial charge in [-0.15, -0.1) is 12.4 Å². The number of rotatable bonds is 7. The lowest BCUT2D eigenvalue weighted by Gasteiger charge is -2.11. The van der Waals surface area contributed by atoms with Crippen LogP contribution in [0.25, 0.3) is 0 Å². The number of amides is 1. The molecule has 8 heteroatoms. The van der Waals surface area contributed by atoms with E-state index in [1.165, 1.54) is 6.20 Å². The maximum Gasteiger partial charge on any atom is 0.241 e. The number of anilines is 1. The van der Waals surface area contributed by atoms with Gasteiger partial charge in [0.25, 0.3) is 0 Å². The molecule has 3 N–H and O–H groups in total. The van der Waals surface area contributed by atoms with Crippen molar-refractivity contribution < 1.29 is 9.53 Å². The van der Waals surface area contributed by atoms with Crippen molar-refractivity contribution in [3.05, 3.63) is 47.6 Å². The monoisotopic (exact) mass is 387 g/mol. The van der Waals surface area contributed by atoms with E-state index in [-0.39, 0.29) is 18.3 Å². The molecule has 0 saturated heterocycles.